The molecule has 0 aromatic rings. The van der Waals surface area contributed by atoms with Gasteiger partial charge in [-0.25, -0.2) is 0 Å². The highest BCUT2D eigenvalue weighted by Crippen LogP contribution is 2.14. The molecule has 0 spiro atoms. The molecule has 4 heteroatoms. The lowest BCUT2D eigenvalue weighted by Gasteiger charge is -2.14. The van der Waals surface area contributed by atoms with Gasteiger partial charge in [0.15, 0.2) is 0 Å². The van der Waals surface area contributed by atoms with E-state index in [0.717, 1.165) is 45.5 Å². The lowest BCUT2D eigenvalue weighted by atomic mass is 10.1. The van der Waals surface area contributed by atoms with Gasteiger partial charge in [0.2, 0.25) is 5.91 Å². The van der Waals surface area contributed by atoms with Gasteiger partial charge in [-0.3, -0.25) is 4.79 Å². The molecule has 0 saturated carbocycles. The van der Waals surface area contributed by atoms with Crippen LogP contribution in [-0.4, -0.2) is 38.3 Å². The van der Waals surface area contributed by atoms with E-state index in [4.69, 9.17) is 4.74 Å². The number of hydrogen-bond acceptors (Lipinski definition) is 3. The summed E-state index contributed by atoms with van der Waals surface area (Å²) in [7, 11) is 0. The number of hydrogen-bond donors (Lipinski definition) is 2. The highest BCUT2D eigenvalue weighted by Gasteiger charge is 2.16. The Balaban J connectivity index is 2.04. The van der Waals surface area contributed by atoms with Crippen LogP contribution in [0.5, 0.6) is 0 Å². The first kappa shape index (κ1) is 13.5. The van der Waals surface area contributed by atoms with Gasteiger partial charge < -0.3 is 15.4 Å². The first-order valence-corrected chi connectivity index (χ1v) is 6.34. The second-order valence-electron chi connectivity index (χ2n) is 4.42. The first-order valence-electron chi connectivity index (χ1n) is 6.34. The molecule has 1 saturated heterocycles. The maximum absolute atomic E-state index is 11.6. The molecule has 16 heavy (non-hydrogen) atoms. The normalized spacial score (nSPS) is 22.0. The van der Waals surface area contributed by atoms with Crippen LogP contribution in [0.25, 0.3) is 0 Å². The number of ether oxygens (including phenoxy) is 1. The van der Waals surface area contributed by atoms with Crippen LogP contribution in [0.2, 0.25) is 0 Å². The Morgan fingerprint density at radius 2 is 2.38 bits per heavy atom. The molecule has 2 N–H and O–H groups in total. The zero-order valence-corrected chi connectivity index (χ0v) is 10.4. The van der Waals surface area contributed by atoms with E-state index in [-0.39, 0.29) is 11.8 Å². The van der Waals surface area contributed by atoms with Gasteiger partial charge in [0.1, 0.15) is 0 Å². The van der Waals surface area contributed by atoms with Gasteiger partial charge in [0, 0.05) is 25.6 Å². The Labute approximate surface area is 98.1 Å². The monoisotopic (exact) mass is 228 g/mol. The van der Waals surface area contributed by atoms with E-state index < -0.39 is 0 Å². The summed E-state index contributed by atoms with van der Waals surface area (Å²) in [6, 6.07) is 0. The molecule has 0 radical (unpaired) electrons. The predicted molar refractivity (Wildman–Crippen MR) is 64.3 cm³/mol. The zero-order chi connectivity index (χ0) is 11.8. The largest absolute Gasteiger partial charge is 0.378 e. The smallest absolute Gasteiger partial charge is 0.224 e. The Bertz CT molecular complexity index is 203. The van der Waals surface area contributed by atoms with Crippen LogP contribution in [0.1, 0.15) is 33.1 Å². The van der Waals surface area contributed by atoms with Gasteiger partial charge in [-0.15, -0.1) is 0 Å². The molecular weight excluding hydrogens is 204 g/mol. The summed E-state index contributed by atoms with van der Waals surface area (Å²) in [5.74, 6) is 0.184. The minimum Gasteiger partial charge on any atom is -0.378 e. The second kappa shape index (κ2) is 7.63. The van der Waals surface area contributed by atoms with E-state index in [1.807, 2.05) is 13.8 Å². The molecule has 1 aliphatic heterocycles. The lowest BCUT2D eigenvalue weighted by Crippen LogP contribution is -2.36. The maximum atomic E-state index is 11.6. The molecule has 1 fully saturated rings. The van der Waals surface area contributed by atoms with Crippen LogP contribution >= 0.6 is 0 Å². The molecule has 2 atom stereocenters. The number of amides is 1. The third-order valence-corrected chi connectivity index (χ3v) is 2.94. The average Bonchev–Trinajstić information content (AvgIpc) is 2.78. The van der Waals surface area contributed by atoms with Crippen molar-refractivity contribution < 1.29 is 9.53 Å². The van der Waals surface area contributed by atoms with Gasteiger partial charge in [0.25, 0.3) is 0 Å². The van der Waals surface area contributed by atoms with Crippen molar-refractivity contribution in [3.8, 4) is 0 Å². The third kappa shape index (κ3) is 4.94. The fourth-order valence-electron chi connectivity index (χ4n) is 1.86. The first-order chi connectivity index (χ1) is 7.74. The molecule has 0 bridgehead atoms. The van der Waals surface area contributed by atoms with Crippen molar-refractivity contribution in [1.29, 1.82) is 0 Å². The molecule has 4 nitrogen and oxygen atoms in total. The summed E-state index contributed by atoms with van der Waals surface area (Å²) in [6.45, 7) is 7.28. The highest BCUT2D eigenvalue weighted by atomic mass is 16.5. The van der Waals surface area contributed by atoms with Crippen molar-refractivity contribution in [3.63, 3.8) is 0 Å². The quantitative estimate of drug-likeness (QED) is 0.681. The molecule has 1 heterocycles. The standard InChI is InChI=1S/C12H24N2O2/c1-3-13-9-10(2)12(15)14-7-6-11-5-4-8-16-11/h10-11,13H,3-9H2,1-2H3,(H,14,15). The number of rotatable bonds is 7. The molecule has 1 amide bonds. The van der Waals surface area contributed by atoms with Crippen LogP contribution in [0.4, 0.5) is 0 Å². The Kier molecular flexibility index (Phi) is 6.42. The zero-order valence-electron chi connectivity index (χ0n) is 10.4. The van der Waals surface area contributed by atoms with E-state index >= 15 is 0 Å². The lowest BCUT2D eigenvalue weighted by molar-refractivity contribution is -0.124. The van der Waals surface area contributed by atoms with Gasteiger partial charge in [0.05, 0.1) is 6.10 Å². The van der Waals surface area contributed by atoms with Gasteiger partial charge in [-0.1, -0.05) is 13.8 Å². The average molecular weight is 228 g/mol. The minimum atomic E-state index is 0.0458. The number of nitrogens with one attached hydrogen (secondary N) is 2. The summed E-state index contributed by atoms with van der Waals surface area (Å²) in [5.41, 5.74) is 0. The van der Waals surface area contributed by atoms with Gasteiger partial charge in [-0.2, -0.15) is 0 Å². The molecule has 0 aromatic heterocycles. The second-order valence-corrected chi connectivity index (χ2v) is 4.42. The van der Waals surface area contributed by atoms with Crippen LogP contribution in [0, 0.1) is 5.92 Å². The van der Waals surface area contributed by atoms with Crippen molar-refractivity contribution in [2.24, 2.45) is 5.92 Å². The third-order valence-electron chi connectivity index (χ3n) is 2.94. The summed E-state index contributed by atoms with van der Waals surface area (Å²) < 4.78 is 5.50. The van der Waals surface area contributed by atoms with E-state index in [0.29, 0.717) is 6.10 Å². The Morgan fingerprint density at radius 3 is 3.00 bits per heavy atom. The number of carbonyl (C=O) groups is 1. The molecule has 0 aliphatic carbocycles. The summed E-state index contributed by atoms with van der Waals surface area (Å²) in [5, 5.41) is 6.13. The fraction of sp³-hybridized carbons (Fsp3) is 0.917. The predicted octanol–water partition coefficient (Wildman–Crippen LogP) is 0.917. The SMILES string of the molecule is CCNCC(C)C(=O)NCCC1CCCO1. The maximum Gasteiger partial charge on any atom is 0.224 e. The van der Waals surface area contributed by atoms with E-state index in [9.17, 15) is 4.79 Å². The van der Waals surface area contributed by atoms with Crippen LogP contribution in [-0.2, 0) is 9.53 Å². The highest BCUT2D eigenvalue weighted by molar-refractivity contribution is 5.78. The van der Waals surface area contributed by atoms with E-state index in [2.05, 4.69) is 10.6 Å². The Morgan fingerprint density at radius 1 is 1.56 bits per heavy atom. The molecular formula is C12H24N2O2. The topological polar surface area (TPSA) is 50.4 Å². The fourth-order valence-corrected chi connectivity index (χ4v) is 1.86. The molecule has 0 aromatic carbocycles. The number of carbonyl (C=O) groups excluding carboxylic acids is 1. The summed E-state index contributed by atoms with van der Waals surface area (Å²) in [6.07, 6.45) is 3.61. The van der Waals surface area contributed by atoms with Crippen molar-refractivity contribution >= 4 is 5.91 Å². The van der Waals surface area contributed by atoms with Crippen LogP contribution in [0.3, 0.4) is 0 Å². The summed E-state index contributed by atoms with van der Waals surface area (Å²) in [4.78, 5) is 11.6. The molecule has 2 unspecified atom stereocenters. The molecule has 94 valence electrons. The van der Waals surface area contributed by atoms with E-state index in [1.54, 1.807) is 0 Å². The van der Waals surface area contributed by atoms with Crippen molar-refractivity contribution in [1.82, 2.24) is 10.6 Å². The molecule has 1 aliphatic rings. The van der Waals surface area contributed by atoms with Crippen molar-refractivity contribution in [2.75, 3.05) is 26.2 Å². The van der Waals surface area contributed by atoms with Gasteiger partial charge in [-0.05, 0) is 25.8 Å². The van der Waals surface area contributed by atoms with E-state index in [1.165, 1.54) is 0 Å². The van der Waals surface area contributed by atoms with Crippen LogP contribution in [0.15, 0.2) is 0 Å². The Hall–Kier alpha value is -0.610. The van der Waals surface area contributed by atoms with Crippen LogP contribution < -0.4 is 10.6 Å². The molecule has 1 rings (SSSR count). The van der Waals surface area contributed by atoms with Gasteiger partial charge >= 0.3 is 0 Å². The summed E-state index contributed by atoms with van der Waals surface area (Å²) >= 11 is 0. The van der Waals surface area contributed by atoms with Crippen molar-refractivity contribution in [3.05, 3.63) is 0 Å². The minimum absolute atomic E-state index is 0.0458. The van der Waals surface area contributed by atoms with Crippen molar-refractivity contribution in [2.45, 2.75) is 39.2 Å².